The third-order valence-electron chi connectivity index (χ3n) is 3.67. The Kier molecular flexibility index (Phi) is 3.48. The van der Waals surface area contributed by atoms with Crippen LogP contribution in [0.1, 0.15) is 18.1 Å². The van der Waals surface area contributed by atoms with E-state index >= 15 is 0 Å². The van der Waals surface area contributed by atoms with Crippen molar-refractivity contribution < 1.29 is 4.79 Å². The maximum atomic E-state index is 12.2. The SMILES string of the molecule is CCN(/C=C1/C(=O)Nc2ccc(C)cc21)c1ccccc1. The number of hydrogen-bond acceptors (Lipinski definition) is 2. The van der Waals surface area contributed by atoms with Crippen LogP contribution in [0.3, 0.4) is 0 Å². The summed E-state index contributed by atoms with van der Waals surface area (Å²) in [6, 6.07) is 16.1. The fourth-order valence-corrected chi connectivity index (χ4v) is 2.55. The summed E-state index contributed by atoms with van der Waals surface area (Å²) in [5, 5.41) is 2.92. The fourth-order valence-electron chi connectivity index (χ4n) is 2.55. The van der Waals surface area contributed by atoms with Gasteiger partial charge in [0.15, 0.2) is 0 Å². The number of amides is 1. The summed E-state index contributed by atoms with van der Waals surface area (Å²) in [5.74, 6) is -0.0371. The van der Waals surface area contributed by atoms with Crippen LogP contribution in [0.15, 0.2) is 54.7 Å². The van der Waals surface area contributed by atoms with Crippen molar-refractivity contribution in [3.63, 3.8) is 0 Å². The summed E-state index contributed by atoms with van der Waals surface area (Å²) >= 11 is 0. The molecule has 1 N–H and O–H groups in total. The van der Waals surface area contributed by atoms with Gasteiger partial charge in [0.05, 0.1) is 5.57 Å². The van der Waals surface area contributed by atoms with Gasteiger partial charge in [0.1, 0.15) is 0 Å². The Labute approximate surface area is 124 Å². The fraction of sp³-hybridized carbons (Fsp3) is 0.167. The van der Waals surface area contributed by atoms with Crippen molar-refractivity contribution in [1.29, 1.82) is 0 Å². The van der Waals surface area contributed by atoms with Crippen LogP contribution >= 0.6 is 0 Å². The van der Waals surface area contributed by atoms with Crippen molar-refractivity contribution in [2.24, 2.45) is 0 Å². The number of hydrogen-bond donors (Lipinski definition) is 1. The van der Waals surface area contributed by atoms with Gasteiger partial charge < -0.3 is 10.2 Å². The first-order chi connectivity index (χ1) is 10.2. The summed E-state index contributed by atoms with van der Waals surface area (Å²) in [5.41, 5.74) is 4.83. The maximum absolute atomic E-state index is 12.2. The van der Waals surface area contributed by atoms with Crippen molar-refractivity contribution in [1.82, 2.24) is 0 Å². The van der Waals surface area contributed by atoms with E-state index in [4.69, 9.17) is 0 Å². The number of carbonyl (C=O) groups is 1. The molecule has 0 radical (unpaired) electrons. The number of carbonyl (C=O) groups excluding carboxylic acids is 1. The second kappa shape index (κ2) is 5.44. The highest BCUT2D eigenvalue weighted by Gasteiger charge is 2.24. The van der Waals surface area contributed by atoms with E-state index in [-0.39, 0.29) is 5.91 Å². The van der Waals surface area contributed by atoms with Gasteiger partial charge in [-0.15, -0.1) is 0 Å². The van der Waals surface area contributed by atoms with E-state index in [1.165, 1.54) is 0 Å². The monoisotopic (exact) mass is 278 g/mol. The molecule has 0 aliphatic carbocycles. The number of para-hydroxylation sites is 1. The predicted molar refractivity (Wildman–Crippen MR) is 87.2 cm³/mol. The lowest BCUT2D eigenvalue weighted by Gasteiger charge is -2.19. The molecule has 0 fully saturated rings. The van der Waals surface area contributed by atoms with E-state index in [1.54, 1.807) is 0 Å². The molecule has 2 aromatic carbocycles. The van der Waals surface area contributed by atoms with E-state index in [9.17, 15) is 4.79 Å². The Bertz CT molecular complexity index is 704. The summed E-state index contributed by atoms with van der Waals surface area (Å²) in [6.07, 6.45) is 1.94. The zero-order chi connectivity index (χ0) is 14.8. The van der Waals surface area contributed by atoms with Crippen LogP contribution in [0, 0.1) is 6.92 Å². The predicted octanol–water partition coefficient (Wildman–Crippen LogP) is 3.81. The molecule has 1 heterocycles. The van der Waals surface area contributed by atoms with E-state index in [0.29, 0.717) is 0 Å². The Morgan fingerprint density at radius 3 is 2.62 bits per heavy atom. The molecule has 0 unspecified atom stereocenters. The van der Waals surface area contributed by atoms with Gasteiger partial charge in [-0.25, -0.2) is 0 Å². The lowest BCUT2D eigenvalue weighted by atomic mass is 10.1. The number of nitrogens with one attached hydrogen (secondary N) is 1. The Morgan fingerprint density at radius 1 is 1.14 bits per heavy atom. The van der Waals surface area contributed by atoms with E-state index < -0.39 is 0 Å². The van der Waals surface area contributed by atoms with Crippen molar-refractivity contribution in [3.8, 4) is 0 Å². The van der Waals surface area contributed by atoms with E-state index in [0.717, 1.165) is 34.6 Å². The molecule has 3 heteroatoms. The zero-order valence-electron chi connectivity index (χ0n) is 12.3. The van der Waals surface area contributed by atoms with Crippen LogP contribution in [0.4, 0.5) is 11.4 Å². The van der Waals surface area contributed by atoms with E-state index in [1.807, 2.05) is 55.6 Å². The highest BCUT2D eigenvalue weighted by atomic mass is 16.2. The molecule has 0 bridgehead atoms. The largest absolute Gasteiger partial charge is 0.347 e. The van der Waals surface area contributed by atoms with Gasteiger partial charge in [-0.2, -0.15) is 0 Å². The normalized spacial score (nSPS) is 15.0. The molecule has 0 atom stereocenters. The molecule has 3 rings (SSSR count). The highest BCUT2D eigenvalue weighted by Crippen LogP contribution is 2.33. The van der Waals surface area contributed by atoms with Crippen LogP contribution < -0.4 is 10.2 Å². The number of rotatable bonds is 3. The van der Waals surface area contributed by atoms with Crippen molar-refractivity contribution >= 4 is 22.9 Å². The van der Waals surface area contributed by atoms with Crippen LogP contribution in [-0.2, 0) is 4.79 Å². The molecule has 0 saturated carbocycles. The number of aryl methyl sites for hydroxylation is 1. The van der Waals surface area contributed by atoms with Crippen LogP contribution in [0.5, 0.6) is 0 Å². The van der Waals surface area contributed by atoms with Crippen molar-refractivity contribution in [3.05, 3.63) is 65.9 Å². The quantitative estimate of drug-likeness (QED) is 0.866. The van der Waals surface area contributed by atoms with Gasteiger partial charge in [-0.05, 0) is 38.1 Å². The summed E-state index contributed by atoms with van der Waals surface area (Å²) in [4.78, 5) is 14.3. The molecule has 0 aromatic heterocycles. The molecular formula is C18H18N2O. The molecule has 1 aliphatic heterocycles. The molecule has 21 heavy (non-hydrogen) atoms. The first-order valence-electron chi connectivity index (χ1n) is 7.15. The molecule has 0 saturated heterocycles. The van der Waals surface area contributed by atoms with Gasteiger partial charge in [-0.1, -0.05) is 29.8 Å². The Balaban J connectivity index is 2.03. The standard InChI is InChI=1S/C18H18N2O/c1-3-20(14-7-5-4-6-8-14)12-16-15-11-13(2)9-10-17(15)19-18(16)21/h4-12H,3H2,1-2H3,(H,19,21)/b16-12+. The van der Waals surface area contributed by atoms with Crippen LogP contribution in [0.2, 0.25) is 0 Å². The lowest BCUT2D eigenvalue weighted by molar-refractivity contribution is -0.110. The highest BCUT2D eigenvalue weighted by molar-refractivity contribution is 6.31. The smallest absolute Gasteiger partial charge is 0.257 e. The third-order valence-corrected chi connectivity index (χ3v) is 3.67. The minimum Gasteiger partial charge on any atom is -0.347 e. The molecular weight excluding hydrogens is 260 g/mol. The zero-order valence-corrected chi connectivity index (χ0v) is 12.3. The molecule has 2 aromatic rings. The van der Waals surface area contributed by atoms with Crippen molar-refractivity contribution in [2.45, 2.75) is 13.8 Å². The van der Waals surface area contributed by atoms with Crippen molar-refractivity contribution in [2.75, 3.05) is 16.8 Å². The van der Waals surface area contributed by atoms with Crippen LogP contribution in [0.25, 0.3) is 5.57 Å². The topological polar surface area (TPSA) is 32.3 Å². The maximum Gasteiger partial charge on any atom is 0.257 e. The molecule has 3 nitrogen and oxygen atoms in total. The Morgan fingerprint density at radius 2 is 1.90 bits per heavy atom. The third kappa shape index (κ3) is 2.55. The second-order valence-corrected chi connectivity index (χ2v) is 5.17. The number of benzene rings is 2. The lowest BCUT2D eigenvalue weighted by Crippen LogP contribution is -2.17. The number of fused-ring (bicyclic) bond motifs is 1. The summed E-state index contributed by atoms with van der Waals surface area (Å²) in [7, 11) is 0. The molecule has 106 valence electrons. The average molecular weight is 278 g/mol. The average Bonchev–Trinajstić information content (AvgIpc) is 2.81. The van der Waals surface area contributed by atoms with Gasteiger partial charge in [-0.3, -0.25) is 4.79 Å². The molecule has 1 aliphatic rings. The first-order valence-corrected chi connectivity index (χ1v) is 7.15. The van der Waals surface area contributed by atoms with Crippen LogP contribution in [-0.4, -0.2) is 12.5 Å². The van der Waals surface area contributed by atoms with Gasteiger partial charge in [0.2, 0.25) is 0 Å². The van der Waals surface area contributed by atoms with Gasteiger partial charge in [0, 0.05) is 29.7 Å². The Hall–Kier alpha value is -2.55. The van der Waals surface area contributed by atoms with Gasteiger partial charge >= 0.3 is 0 Å². The number of anilines is 2. The van der Waals surface area contributed by atoms with Gasteiger partial charge in [0.25, 0.3) is 5.91 Å². The second-order valence-electron chi connectivity index (χ2n) is 5.17. The minimum atomic E-state index is -0.0371. The summed E-state index contributed by atoms with van der Waals surface area (Å²) < 4.78 is 0. The number of nitrogens with zero attached hydrogens (tertiary/aromatic N) is 1. The first kappa shape index (κ1) is 13.4. The van der Waals surface area contributed by atoms with E-state index in [2.05, 4.69) is 23.2 Å². The minimum absolute atomic E-state index is 0.0371. The molecule has 0 spiro atoms. The summed E-state index contributed by atoms with van der Waals surface area (Å²) in [6.45, 7) is 4.92. The molecule has 1 amide bonds.